The first kappa shape index (κ1) is 23.4. The number of rotatable bonds is 9. The lowest BCUT2D eigenvalue weighted by Crippen LogP contribution is -2.02. The minimum atomic E-state index is -0.442. The predicted molar refractivity (Wildman–Crippen MR) is 138 cm³/mol. The normalized spacial score (nSPS) is 10.8. The van der Waals surface area contributed by atoms with E-state index in [1.54, 1.807) is 13.4 Å². The molecule has 0 aliphatic carbocycles. The van der Waals surface area contributed by atoms with Crippen molar-refractivity contribution in [1.29, 1.82) is 0 Å². The fourth-order valence-corrected chi connectivity index (χ4v) is 4.70. The van der Waals surface area contributed by atoms with E-state index in [1.165, 1.54) is 18.4 Å². The third-order valence-corrected chi connectivity index (χ3v) is 6.71. The number of nitrogens with zero attached hydrogens (tertiary/aromatic N) is 2. The van der Waals surface area contributed by atoms with Gasteiger partial charge in [-0.2, -0.15) is 0 Å². The number of hydrogen-bond acceptors (Lipinski definition) is 7. The van der Waals surface area contributed by atoms with Crippen molar-refractivity contribution in [2.45, 2.75) is 13.2 Å². The second-order valence-corrected chi connectivity index (χ2v) is 8.98. The van der Waals surface area contributed by atoms with E-state index in [0.717, 1.165) is 32.9 Å². The van der Waals surface area contributed by atoms with E-state index in [9.17, 15) is 4.79 Å². The summed E-state index contributed by atoms with van der Waals surface area (Å²) in [5.41, 5.74) is 3.71. The number of aromatic nitrogens is 2. The van der Waals surface area contributed by atoms with Crippen LogP contribution < -0.4 is 14.2 Å². The summed E-state index contributed by atoms with van der Waals surface area (Å²) in [6.07, 6.45) is 1.73. The van der Waals surface area contributed by atoms with Crippen LogP contribution in [-0.4, -0.2) is 29.7 Å². The monoisotopic (exact) mass is 500 g/mol. The second-order valence-electron chi connectivity index (χ2n) is 7.95. The van der Waals surface area contributed by atoms with Crippen LogP contribution in [0.3, 0.4) is 0 Å². The van der Waals surface area contributed by atoms with Crippen molar-refractivity contribution in [1.82, 2.24) is 9.55 Å². The van der Waals surface area contributed by atoms with Gasteiger partial charge in [-0.3, -0.25) is 4.57 Å². The molecule has 0 aliphatic heterocycles. The minimum Gasteiger partial charge on any atom is -0.497 e. The first-order valence-corrected chi connectivity index (χ1v) is 12.1. The Labute approximate surface area is 212 Å². The van der Waals surface area contributed by atoms with Crippen LogP contribution in [0.2, 0.25) is 0 Å². The van der Waals surface area contributed by atoms with E-state index in [-0.39, 0.29) is 0 Å². The maximum Gasteiger partial charge on any atom is 0.351 e. The number of hydrogen-bond donors (Lipinski definition) is 0. The molecule has 182 valence electrons. The molecule has 0 radical (unpaired) electrons. The summed E-state index contributed by atoms with van der Waals surface area (Å²) in [6.45, 7) is 0.766. The molecule has 0 saturated heterocycles. The SMILES string of the molecule is COC(=O)c1sc(-n2cnc3ccc(OCc4ccc(OC)cc4)cc32)cc1OCc1ccccc1. The van der Waals surface area contributed by atoms with Gasteiger partial charge in [0.25, 0.3) is 0 Å². The molecule has 0 fully saturated rings. The van der Waals surface area contributed by atoms with E-state index >= 15 is 0 Å². The molecule has 0 amide bonds. The first-order valence-electron chi connectivity index (χ1n) is 11.3. The number of carbonyl (C=O) groups is 1. The van der Waals surface area contributed by atoms with Gasteiger partial charge in [0, 0.05) is 12.1 Å². The average Bonchev–Trinajstić information content (AvgIpc) is 3.55. The number of esters is 1. The Kier molecular flexibility index (Phi) is 6.86. The Morgan fingerprint density at radius 3 is 2.33 bits per heavy atom. The molecule has 3 aromatic carbocycles. The molecule has 0 aliphatic rings. The van der Waals surface area contributed by atoms with Crippen molar-refractivity contribution in [2.24, 2.45) is 0 Å². The summed E-state index contributed by atoms with van der Waals surface area (Å²) >= 11 is 1.29. The van der Waals surface area contributed by atoms with Gasteiger partial charge in [0.05, 0.1) is 25.3 Å². The van der Waals surface area contributed by atoms with Gasteiger partial charge in [-0.15, -0.1) is 11.3 Å². The topological polar surface area (TPSA) is 71.8 Å². The van der Waals surface area contributed by atoms with Crippen LogP contribution in [-0.2, 0) is 18.0 Å². The Bertz CT molecular complexity index is 1480. The third-order valence-electron chi connectivity index (χ3n) is 5.61. The highest BCUT2D eigenvalue weighted by Crippen LogP contribution is 2.35. The average molecular weight is 501 g/mol. The molecule has 2 aromatic heterocycles. The predicted octanol–water partition coefficient (Wildman–Crippen LogP) is 6.04. The van der Waals surface area contributed by atoms with Crippen LogP contribution in [0.4, 0.5) is 0 Å². The molecule has 0 bridgehead atoms. The summed E-state index contributed by atoms with van der Waals surface area (Å²) in [6, 6.07) is 25.1. The Balaban J connectivity index is 1.40. The van der Waals surface area contributed by atoms with Gasteiger partial charge in [0.15, 0.2) is 4.88 Å². The van der Waals surface area contributed by atoms with Crippen LogP contribution in [0.25, 0.3) is 16.0 Å². The van der Waals surface area contributed by atoms with Gasteiger partial charge < -0.3 is 18.9 Å². The lowest BCUT2D eigenvalue weighted by Gasteiger charge is -2.08. The second kappa shape index (κ2) is 10.5. The largest absolute Gasteiger partial charge is 0.497 e. The fraction of sp³-hybridized carbons (Fsp3) is 0.143. The highest BCUT2D eigenvalue weighted by Gasteiger charge is 2.20. The summed E-state index contributed by atoms with van der Waals surface area (Å²) in [4.78, 5) is 17.4. The molecule has 36 heavy (non-hydrogen) atoms. The summed E-state index contributed by atoms with van der Waals surface area (Å²) in [5, 5.41) is 0.785. The number of methoxy groups -OCH3 is 2. The van der Waals surface area contributed by atoms with Crippen molar-refractivity contribution >= 4 is 28.3 Å². The van der Waals surface area contributed by atoms with E-state index in [2.05, 4.69) is 4.98 Å². The lowest BCUT2D eigenvalue weighted by atomic mass is 10.2. The maximum absolute atomic E-state index is 12.5. The lowest BCUT2D eigenvalue weighted by molar-refractivity contribution is 0.0601. The maximum atomic E-state index is 12.5. The number of ether oxygens (including phenoxy) is 4. The van der Waals surface area contributed by atoms with Gasteiger partial charge in [-0.25, -0.2) is 9.78 Å². The number of thiophene rings is 1. The fourth-order valence-electron chi connectivity index (χ4n) is 3.70. The molecule has 5 aromatic rings. The number of carbonyl (C=O) groups excluding carboxylic acids is 1. The number of benzene rings is 3. The molecule has 0 spiro atoms. The quantitative estimate of drug-likeness (QED) is 0.230. The van der Waals surface area contributed by atoms with Gasteiger partial charge >= 0.3 is 5.97 Å². The molecule has 8 heteroatoms. The molecule has 0 saturated carbocycles. The molecule has 0 unspecified atom stereocenters. The van der Waals surface area contributed by atoms with E-state index in [4.69, 9.17) is 18.9 Å². The minimum absolute atomic E-state index is 0.342. The standard InChI is InChI=1S/C28H24N2O5S/c1-32-21-10-8-20(9-11-21)16-34-22-12-13-23-24(14-22)30(18-29-23)26-15-25(27(36-26)28(31)33-2)35-17-19-6-4-3-5-7-19/h3-15,18H,16-17H2,1-2H3. The van der Waals surface area contributed by atoms with Gasteiger partial charge in [0.2, 0.25) is 0 Å². The van der Waals surface area contributed by atoms with Crippen molar-refractivity contribution in [3.63, 3.8) is 0 Å². The van der Waals surface area contributed by atoms with Crippen LogP contribution >= 0.6 is 11.3 Å². The van der Waals surface area contributed by atoms with Gasteiger partial charge in [0.1, 0.15) is 41.8 Å². The van der Waals surface area contributed by atoms with Crippen molar-refractivity contribution in [3.05, 3.63) is 101 Å². The highest BCUT2D eigenvalue weighted by molar-refractivity contribution is 7.16. The number of imidazole rings is 1. The summed E-state index contributed by atoms with van der Waals surface area (Å²) in [5.74, 6) is 1.55. The zero-order chi connectivity index (χ0) is 24.9. The molecule has 7 nitrogen and oxygen atoms in total. The molecule has 5 rings (SSSR count). The molecule has 0 N–H and O–H groups in total. The van der Waals surface area contributed by atoms with E-state index in [0.29, 0.717) is 29.6 Å². The first-order chi connectivity index (χ1) is 17.6. The van der Waals surface area contributed by atoms with Crippen LogP contribution in [0, 0.1) is 0 Å². The zero-order valence-corrected chi connectivity index (χ0v) is 20.7. The van der Waals surface area contributed by atoms with Crippen molar-refractivity contribution in [2.75, 3.05) is 14.2 Å². The highest BCUT2D eigenvalue weighted by atomic mass is 32.1. The van der Waals surface area contributed by atoms with E-state index in [1.807, 2.05) is 83.4 Å². The molecular formula is C28H24N2O5S. The van der Waals surface area contributed by atoms with E-state index < -0.39 is 5.97 Å². The smallest absolute Gasteiger partial charge is 0.351 e. The van der Waals surface area contributed by atoms with Crippen LogP contribution in [0.15, 0.2) is 85.2 Å². The molecular weight excluding hydrogens is 476 g/mol. The molecule has 0 atom stereocenters. The van der Waals surface area contributed by atoms with Gasteiger partial charge in [-0.05, 0) is 35.4 Å². The van der Waals surface area contributed by atoms with Crippen LogP contribution in [0.5, 0.6) is 17.2 Å². The summed E-state index contributed by atoms with van der Waals surface area (Å²) in [7, 11) is 3.01. The van der Waals surface area contributed by atoms with Crippen molar-refractivity contribution in [3.8, 4) is 22.2 Å². The zero-order valence-electron chi connectivity index (χ0n) is 19.8. The Morgan fingerprint density at radius 2 is 1.58 bits per heavy atom. The number of fused-ring (bicyclic) bond motifs is 1. The van der Waals surface area contributed by atoms with Gasteiger partial charge in [-0.1, -0.05) is 42.5 Å². The van der Waals surface area contributed by atoms with Crippen LogP contribution in [0.1, 0.15) is 20.8 Å². The summed E-state index contributed by atoms with van der Waals surface area (Å²) < 4.78 is 24.2. The Morgan fingerprint density at radius 1 is 0.861 bits per heavy atom. The third kappa shape index (κ3) is 5.04. The Hall–Kier alpha value is -4.30. The van der Waals surface area contributed by atoms with Crippen molar-refractivity contribution < 1.29 is 23.7 Å². The molecule has 2 heterocycles.